The molecule has 0 aliphatic carbocycles. The summed E-state index contributed by atoms with van der Waals surface area (Å²) in [5, 5.41) is 8.91. The molecule has 1 heterocycles. The minimum atomic E-state index is -0.178. The molecule has 0 bridgehead atoms. The van der Waals surface area contributed by atoms with E-state index in [4.69, 9.17) is 15.6 Å². The molecule has 0 unspecified atom stereocenters. The van der Waals surface area contributed by atoms with Gasteiger partial charge >= 0.3 is 0 Å². The number of anilines is 2. The van der Waals surface area contributed by atoms with Crippen LogP contribution in [0.4, 0.5) is 11.4 Å². The highest BCUT2D eigenvalue weighted by Gasteiger charge is 2.25. The van der Waals surface area contributed by atoms with E-state index in [0.29, 0.717) is 17.1 Å². The fourth-order valence-electron chi connectivity index (χ4n) is 1.58. The van der Waals surface area contributed by atoms with Gasteiger partial charge in [-0.1, -0.05) is 0 Å². The monoisotopic (exact) mass is 286 g/mol. The molecular weight excluding hydrogens is 276 g/mol. The maximum absolute atomic E-state index is 11.6. The van der Waals surface area contributed by atoms with Gasteiger partial charge in [0.15, 0.2) is 6.61 Å². The van der Waals surface area contributed by atoms with Crippen LogP contribution in [-0.2, 0) is 4.79 Å². The SMILES string of the molecule is Nc1cc2c(cc1Br)OCC(=O)N2CCO. The number of nitrogens with zero attached hydrogens (tertiary/aromatic N) is 1. The highest BCUT2D eigenvalue weighted by molar-refractivity contribution is 9.10. The molecule has 86 valence electrons. The van der Waals surface area contributed by atoms with Crippen molar-refractivity contribution >= 4 is 33.2 Å². The lowest BCUT2D eigenvalue weighted by Crippen LogP contribution is -2.40. The number of halogens is 1. The van der Waals surface area contributed by atoms with Crippen LogP contribution in [0.5, 0.6) is 5.75 Å². The summed E-state index contributed by atoms with van der Waals surface area (Å²) in [6.45, 7) is 0.140. The highest BCUT2D eigenvalue weighted by atomic mass is 79.9. The second-order valence-corrected chi connectivity index (χ2v) is 4.25. The molecule has 3 N–H and O–H groups in total. The van der Waals surface area contributed by atoms with Gasteiger partial charge in [-0.2, -0.15) is 0 Å². The number of aliphatic hydroxyl groups excluding tert-OH is 1. The van der Waals surface area contributed by atoms with E-state index in [1.54, 1.807) is 12.1 Å². The van der Waals surface area contributed by atoms with E-state index in [1.165, 1.54) is 4.90 Å². The van der Waals surface area contributed by atoms with Crippen LogP contribution in [0.1, 0.15) is 0 Å². The molecule has 0 spiro atoms. The van der Waals surface area contributed by atoms with Crippen molar-refractivity contribution in [2.45, 2.75) is 0 Å². The minimum Gasteiger partial charge on any atom is -0.482 e. The number of amides is 1. The molecule has 2 rings (SSSR count). The molecule has 1 aromatic carbocycles. The lowest BCUT2D eigenvalue weighted by atomic mass is 10.2. The zero-order valence-electron chi connectivity index (χ0n) is 8.44. The topological polar surface area (TPSA) is 75.8 Å². The Morgan fingerprint density at radius 1 is 1.56 bits per heavy atom. The molecule has 1 aromatic rings. The van der Waals surface area contributed by atoms with Gasteiger partial charge in [0.05, 0.1) is 12.3 Å². The van der Waals surface area contributed by atoms with Crippen LogP contribution >= 0.6 is 15.9 Å². The van der Waals surface area contributed by atoms with Gasteiger partial charge in [0.2, 0.25) is 0 Å². The molecule has 16 heavy (non-hydrogen) atoms. The number of ether oxygens (including phenoxy) is 1. The Kier molecular flexibility index (Phi) is 3.02. The molecule has 0 radical (unpaired) electrons. The zero-order valence-corrected chi connectivity index (χ0v) is 10.0. The van der Waals surface area contributed by atoms with Crippen molar-refractivity contribution < 1.29 is 14.6 Å². The molecule has 6 heteroatoms. The fourth-order valence-corrected chi connectivity index (χ4v) is 1.91. The maximum atomic E-state index is 11.6. The van der Waals surface area contributed by atoms with Gasteiger partial charge in [-0.25, -0.2) is 0 Å². The number of hydrogen-bond acceptors (Lipinski definition) is 4. The van der Waals surface area contributed by atoms with Gasteiger partial charge in [0.1, 0.15) is 5.75 Å². The summed E-state index contributed by atoms with van der Waals surface area (Å²) in [4.78, 5) is 13.1. The number of nitrogen functional groups attached to an aromatic ring is 1. The van der Waals surface area contributed by atoms with E-state index in [0.717, 1.165) is 4.47 Å². The molecule has 1 aliphatic heterocycles. The van der Waals surface area contributed by atoms with Gasteiger partial charge in [-0.3, -0.25) is 4.79 Å². The number of fused-ring (bicyclic) bond motifs is 1. The van der Waals surface area contributed by atoms with Crippen LogP contribution in [0.15, 0.2) is 16.6 Å². The highest BCUT2D eigenvalue weighted by Crippen LogP contribution is 2.37. The Hall–Kier alpha value is -1.27. The van der Waals surface area contributed by atoms with E-state index in [9.17, 15) is 4.79 Å². The summed E-state index contributed by atoms with van der Waals surface area (Å²) < 4.78 is 6.02. The molecule has 1 aliphatic rings. The largest absolute Gasteiger partial charge is 0.482 e. The zero-order chi connectivity index (χ0) is 11.7. The van der Waals surface area contributed by atoms with Gasteiger partial charge < -0.3 is 20.5 Å². The van der Waals surface area contributed by atoms with Crippen molar-refractivity contribution in [1.82, 2.24) is 0 Å². The lowest BCUT2D eigenvalue weighted by molar-refractivity contribution is -0.121. The van der Waals surface area contributed by atoms with E-state index >= 15 is 0 Å². The standard InChI is InChI=1S/C10H11BrN2O3/c11-6-3-9-8(4-7(6)12)13(1-2-14)10(15)5-16-9/h3-4,14H,1-2,5,12H2. The number of carbonyl (C=O) groups excluding carboxylic acids is 1. The van der Waals surface area contributed by atoms with Crippen molar-refractivity contribution in [3.63, 3.8) is 0 Å². The molecule has 0 saturated heterocycles. The van der Waals surface area contributed by atoms with Crippen molar-refractivity contribution in [2.75, 3.05) is 30.4 Å². The van der Waals surface area contributed by atoms with Gasteiger partial charge in [0, 0.05) is 16.7 Å². The summed E-state index contributed by atoms with van der Waals surface area (Å²) in [5.41, 5.74) is 6.88. The first kappa shape index (κ1) is 11.2. The van der Waals surface area contributed by atoms with E-state index in [1.807, 2.05) is 0 Å². The Morgan fingerprint density at radius 3 is 3.00 bits per heavy atom. The molecule has 0 saturated carbocycles. The van der Waals surface area contributed by atoms with Crippen LogP contribution in [0, 0.1) is 0 Å². The Labute approximate surface area is 101 Å². The first-order chi connectivity index (χ1) is 7.63. The number of β-amino-alcohol motifs (C(OH)–C–C–N with tert-alkyl or cyclic N) is 1. The number of nitrogens with two attached hydrogens (primary N) is 1. The molecule has 1 amide bonds. The molecular formula is C10H11BrN2O3. The van der Waals surface area contributed by atoms with E-state index in [-0.39, 0.29) is 25.7 Å². The number of carbonyl (C=O) groups is 1. The predicted octanol–water partition coefficient (Wildman–Crippen LogP) is 0.749. The third-order valence-corrected chi connectivity index (χ3v) is 3.03. The number of hydrogen-bond donors (Lipinski definition) is 2. The molecule has 0 aromatic heterocycles. The number of aliphatic hydroxyl groups is 1. The second-order valence-electron chi connectivity index (χ2n) is 3.40. The van der Waals surface area contributed by atoms with Crippen molar-refractivity contribution in [3.8, 4) is 5.75 Å². The first-order valence-electron chi connectivity index (χ1n) is 4.76. The number of benzene rings is 1. The lowest BCUT2D eigenvalue weighted by Gasteiger charge is -2.29. The van der Waals surface area contributed by atoms with Crippen LogP contribution in [0.3, 0.4) is 0 Å². The smallest absolute Gasteiger partial charge is 0.265 e. The fraction of sp³-hybridized carbons (Fsp3) is 0.300. The average molecular weight is 287 g/mol. The van der Waals surface area contributed by atoms with Crippen LogP contribution < -0.4 is 15.4 Å². The van der Waals surface area contributed by atoms with Crippen molar-refractivity contribution in [3.05, 3.63) is 16.6 Å². The third kappa shape index (κ3) is 1.85. The summed E-state index contributed by atoms with van der Waals surface area (Å²) in [7, 11) is 0. The summed E-state index contributed by atoms with van der Waals surface area (Å²) in [6.07, 6.45) is 0. The molecule has 0 atom stereocenters. The van der Waals surface area contributed by atoms with Crippen LogP contribution in [0.2, 0.25) is 0 Å². The normalized spacial score (nSPS) is 14.6. The Balaban J connectivity index is 2.46. The van der Waals surface area contributed by atoms with E-state index < -0.39 is 0 Å². The van der Waals surface area contributed by atoms with E-state index in [2.05, 4.69) is 15.9 Å². The van der Waals surface area contributed by atoms with Crippen LogP contribution in [0.25, 0.3) is 0 Å². The Morgan fingerprint density at radius 2 is 2.31 bits per heavy atom. The van der Waals surface area contributed by atoms with Gasteiger partial charge in [-0.05, 0) is 28.1 Å². The van der Waals surface area contributed by atoms with Crippen LogP contribution in [-0.4, -0.2) is 30.8 Å². The Bertz CT molecular complexity index is 436. The average Bonchev–Trinajstić information content (AvgIpc) is 2.25. The summed E-state index contributed by atoms with van der Waals surface area (Å²) in [6, 6.07) is 3.38. The van der Waals surface area contributed by atoms with Crippen molar-refractivity contribution in [1.29, 1.82) is 0 Å². The summed E-state index contributed by atoms with van der Waals surface area (Å²) in [5.74, 6) is 0.414. The molecule has 5 nitrogen and oxygen atoms in total. The second kappa shape index (κ2) is 4.31. The third-order valence-electron chi connectivity index (χ3n) is 2.34. The number of rotatable bonds is 2. The predicted molar refractivity (Wildman–Crippen MR) is 63.5 cm³/mol. The quantitative estimate of drug-likeness (QED) is 0.787. The first-order valence-corrected chi connectivity index (χ1v) is 5.56. The van der Waals surface area contributed by atoms with Gasteiger partial charge in [0.25, 0.3) is 5.91 Å². The summed E-state index contributed by atoms with van der Waals surface area (Å²) >= 11 is 3.29. The minimum absolute atomic E-state index is 0.0106. The van der Waals surface area contributed by atoms with Crippen molar-refractivity contribution in [2.24, 2.45) is 0 Å². The maximum Gasteiger partial charge on any atom is 0.265 e. The van der Waals surface area contributed by atoms with Gasteiger partial charge in [-0.15, -0.1) is 0 Å². The molecule has 0 fully saturated rings.